The maximum Gasteiger partial charge on any atom is 0.259 e. The van der Waals surface area contributed by atoms with E-state index in [0.717, 1.165) is 0 Å². The van der Waals surface area contributed by atoms with Crippen molar-refractivity contribution in [3.63, 3.8) is 0 Å². The summed E-state index contributed by atoms with van der Waals surface area (Å²) >= 11 is 4.74. The standard InChI is InChI=1S/C8H15NO6S/c1-14-7-6(13)4(9-8(16)15-7)5(12)3(11)2-10/h3-7,10-13H,2H2,1H3,(H,9,16)/t3-,4+,5-,6-,7?/m1/s1. The second-order valence-corrected chi connectivity index (χ2v) is 3.78. The van der Waals surface area contributed by atoms with Crippen LogP contribution in [0, 0.1) is 0 Å². The number of hydrogen-bond donors (Lipinski definition) is 5. The highest BCUT2D eigenvalue weighted by atomic mass is 32.1. The highest BCUT2D eigenvalue weighted by Crippen LogP contribution is 2.16. The smallest absolute Gasteiger partial charge is 0.259 e. The molecule has 0 radical (unpaired) electrons. The number of ether oxygens (including phenoxy) is 2. The van der Waals surface area contributed by atoms with Gasteiger partial charge in [0.15, 0.2) is 0 Å². The van der Waals surface area contributed by atoms with Crippen LogP contribution in [-0.4, -0.2) is 70.0 Å². The molecule has 0 aromatic heterocycles. The van der Waals surface area contributed by atoms with Crippen LogP contribution in [0.2, 0.25) is 0 Å². The van der Waals surface area contributed by atoms with Crippen LogP contribution in [0.1, 0.15) is 0 Å². The lowest BCUT2D eigenvalue weighted by atomic mass is 9.99. The van der Waals surface area contributed by atoms with Crippen molar-refractivity contribution in [3.8, 4) is 0 Å². The first-order valence-corrected chi connectivity index (χ1v) is 5.07. The van der Waals surface area contributed by atoms with Gasteiger partial charge in [0.2, 0.25) is 6.29 Å². The number of rotatable bonds is 4. The summed E-state index contributed by atoms with van der Waals surface area (Å²) in [6.07, 6.45) is -5.00. The molecule has 1 aliphatic heterocycles. The minimum absolute atomic E-state index is 0.0497. The summed E-state index contributed by atoms with van der Waals surface area (Å²) in [6.45, 7) is -0.628. The van der Waals surface area contributed by atoms with Gasteiger partial charge in [0, 0.05) is 7.11 Å². The van der Waals surface area contributed by atoms with Gasteiger partial charge in [-0.1, -0.05) is 0 Å². The molecule has 0 amide bonds. The fourth-order valence-corrected chi connectivity index (χ4v) is 1.65. The Balaban J connectivity index is 2.73. The number of hydrogen-bond acceptors (Lipinski definition) is 7. The predicted octanol–water partition coefficient (Wildman–Crippen LogP) is -2.69. The van der Waals surface area contributed by atoms with Crippen LogP contribution < -0.4 is 5.32 Å². The van der Waals surface area contributed by atoms with Crippen LogP contribution in [0.3, 0.4) is 0 Å². The van der Waals surface area contributed by atoms with Crippen molar-refractivity contribution in [2.45, 2.75) is 30.6 Å². The number of aliphatic hydroxyl groups is 4. The van der Waals surface area contributed by atoms with Gasteiger partial charge >= 0.3 is 0 Å². The van der Waals surface area contributed by atoms with Gasteiger partial charge in [-0.2, -0.15) is 0 Å². The number of thiocarbonyl (C=S) groups is 1. The van der Waals surface area contributed by atoms with Crippen molar-refractivity contribution >= 4 is 17.4 Å². The van der Waals surface area contributed by atoms with Gasteiger partial charge in [-0.3, -0.25) is 0 Å². The van der Waals surface area contributed by atoms with Crippen LogP contribution in [-0.2, 0) is 9.47 Å². The quantitative estimate of drug-likeness (QED) is 0.344. The zero-order chi connectivity index (χ0) is 12.3. The van der Waals surface area contributed by atoms with Crippen molar-refractivity contribution in [1.82, 2.24) is 5.32 Å². The van der Waals surface area contributed by atoms with E-state index in [-0.39, 0.29) is 5.17 Å². The number of aliphatic hydroxyl groups excluding tert-OH is 4. The molecular weight excluding hydrogens is 238 g/mol. The average Bonchev–Trinajstić information content (AvgIpc) is 2.29. The molecule has 94 valence electrons. The molecule has 0 aromatic rings. The van der Waals surface area contributed by atoms with Gasteiger partial charge in [-0.15, -0.1) is 0 Å². The first-order chi connectivity index (χ1) is 7.51. The summed E-state index contributed by atoms with van der Waals surface area (Å²) in [7, 11) is 1.31. The molecule has 0 spiro atoms. The van der Waals surface area contributed by atoms with Gasteiger partial charge in [-0.05, 0) is 12.2 Å². The van der Waals surface area contributed by atoms with Crippen LogP contribution in [0.5, 0.6) is 0 Å². The zero-order valence-corrected chi connectivity index (χ0v) is 9.42. The molecule has 1 heterocycles. The molecule has 0 bridgehead atoms. The molecule has 8 heteroatoms. The van der Waals surface area contributed by atoms with Crippen LogP contribution in [0.15, 0.2) is 0 Å². The highest BCUT2D eigenvalue weighted by Gasteiger charge is 2.41. The Bertz CT molecular complexity index is 249. The van der Waals surface area contributed by atoms with E-state index in [1.165, 1.54) is 7.11 Å². The molecule has 0 aromatic carbocycles. The summed E-state index contributed by atoms with van der Waals surface area (Å²) in [6, 6.07) is -0.964. The second kappa shape index (κ2) is 5.71. The normalized spacial score (nSPS) is 33.8. The average molecular weight is 253 g/mol. The maximum absolute atomic E-state index is 9.74. The Morgan fingerprint density at radius 1 is 1.56 bits per heavy atom. The topological polar surface area (TPSA) is 111 Å². The molecule has 5 N–H and O–H groups in total. The van der Waals surface area contributed by atoms with E-state index in [0.29, 0.717) is 0 Å². The maximum atomic E-state index is 9.74. The van der Waals surface area contributed by atoms with Crippen molar-refractivity contribution in [2.24, 2.45) is 0 Å². The second-order valence-electron chi connectivity index (χ2n) is 3.41. The van der Waals surface area contributed by atoms with Gasteiger partial charge < -0.3 is 35.2 Å². The van der Waals surface area contributed by atoms with Crippen LogP contribution >= 0.6 is 12.2 Å². The molecule has 0 aliphatic carbocycles. The Morgan fingerprint density at radius 3 is 2.69 bits per heavy atom. The van der Waals surface area contributed by atoms with E-state index in [9.17, 15) is 15.3 Å². The molecule has 1 unspecified atom stereocenters. The molecule has 1 rings (SSSR count). The molecule has 1 fully saturated rings. The number of nitrogens with one attached hydrogen (secondary N) is 1. The minimum atomic E-state index is -1.39. The summed E-state index contributed by atoms with van der Waals surface area (Å²) in [4.78, 5) is 0. The van der Waals surface area contributed by atoms with E-state index in [4.69, 9.17) is 26.8 Å². The van der Waals surface area contributed by atoms with Crippen LogP contribution in [0.25, 0.3) is 0 Å². The first kappa shape index (κ1) is 13.6. The zero-order valence-electron chi connectivity index (χ0n) is 8.61. The molecule has 7 nitrogen and oxygen atoms in total. The Hall–Kier alpha value is -0.510. The lowest BCUT2D eigenvalue weighted by molar-refractivity contribution is -0.176. The fourth-order valence-electron chi connectivity index (χ4n) is 1.42. The predicted molar refractivity (Wildman–Crippen MR) is 56.5 cm³/mol. The Kier molecular flexibility index (Phi) is 4.84. The van der Waals surface area contributed by atoms with Gasteiger partial charge in [0.25, 0.3) is 5.17 Å². The molecular formula is C8H15NO6S. The molecule has 0 saturated carbocycles. The van der Waals surface area contributed by atoms with Crippen molar-refractivity contribution in [2.75, 3.05) is 13.7 Å². The van der Waals surface area contributed by atoms with Crippen LogP contribution in [0.4, 0.5) is 0 Å². The van der Waals surface area contributed by atoms with Crippen molar-refractivity contribution in [3.05, 3.63) is 0 Å². The van der Waals surface area contributed by atoms with E-state index >= 15 is 0 Å². The van der Waals surface area contributed by atoms with Gasteiger partial charge in [-0.25, -0.2) is 0 Å². The summed E-state index contributed by atoms with van der Waals surface area (Å²) < 4.78 is 9.75. The Morgan fingerprint density at radius 2 is 2.19 bits per heavy atom. The molecule has 1 saturated heterocycles. The molecule has 5 atom stereocenters. The summed E-state index contributed by atoms with van der Waals surface area (Å²) in [5.74, 6) is 0. The first-order valence-electron chi connectivity index (χ1n) is 4.66. The molecule has 16 heavy (non-hydrogen) atoms. The van der Waals surface area contributed by atoms with Crippen molar-refractivity contribution < 1.29 is 29.9 Å². The summed E-state index contributed by atoms with van der Waals surface area (Å²) in [5.41, 5.74) is 0. The third-order valence-electron chi connectivity index (χ3n) is 2.34. The Labute approximate surface area is 97.6 Å². The minimum Gasteiger partial charge on any atom is -0.438 e. The van der Waals surface area contributed by atoms with E-state index < -0.39 is 37.3 Å². The molecule has 1 aliphatic rings. The fraction of sp³-hybridized carbons (Fsp3) is 0.875. The third kappa shape index (κ3) is 2.78. The lowest BCUT2D eigenvalue weighted by Crippen LogP contribution is -2.63. The largest absolute Gasteiger partial charge is 0.438 e. The highest BCUT2D eigenvalue weighted by molar-refractivity contribution is 7.80. The van der Waals surface area contributed by atoms with E-state index in [1.807, 2.05) is 0 Å². The van der Waals surface area contributed by atoms with Gasteiger partial charge in [0.1, 0.15) is 18.3 Å². The third-order valence-corrected chi connectivity index (χ3v) is 2.55. The SMILES string of the molecule is COC1OC(=S)N[C@@H]([C@H](O)[C@H](O)CO)[C@H]1O. The number of methoxy groups -OCH3 is 1. The lowest BCUT2D eigenvalue weighted by Gasteiger charge is -2.38. The van der Waals surface area contributed by atoms with Gasteiger partial charge in [0.05, 0.1) is 12.6 Å². The summed E-state index contributed by atoms with van der Waals surface area (Å²) in [5, 5.41) is 39.8. The van der Waals surface area contributed by atoms with Crippen molar-refractivity contribution in [1.29, 1.82) is 0 Å². The van der Waals surface area contributed by atoms with E-state index in [1.54, 1.807) is 0 Å². The monoisotopic (exact) mass is 253 g/mol. The van der Waals surface area contributed by atoms with E-state index in [2.05, 4.69) is 5.32 Å².